The number of benzene rings is 2. The molecule has 0 N–H and O–H groups in total. The van der Waals surface area contributed by atoms with Crippen molar-refractivity contribution in [3.05, 3.63) is 59.1 Å². The molecule has 1 heterocycles. The van der Waals surface area contributed by atoms with Crippen molar-refractivity contribution in [1.82, 2.24) is 5.01 Å². The molecule has 2 aromatic rings. The molecule has 5 heteroatoms. The summed E-state index contributed by atoms with van der Waals surface area (Å²) in [5.41, 5.74) is 3.55. The Morgan fingerprint density at radius 1 is 0.917 bits per heavy atom. The van der Waals surface area contributed by atoms with E-state index >= 15 is 0 Å². The molecule has 0 aliphatic carbocycles. The summed E-state index contributed by atoms with van der Waals surface area (Å²) in [5, 5.41) is 7.53. The van der Waals surface area contributed by atoms with E-state index in [1.807, 2.05) is 32.4 Å². The van der Waals surface area contributed by atoms with Crippen LogP contribution in [-0.2, 0) is 0 Å². The fourth-order valence-corrected chi connectivity index (χ4v) is 2.85. The number of hydrazone groups is 1. The minimum absolute atomic E-state index is 0.780. The molecule has 4 nitrogen and oxygen atoms in total. The highest BCUT2D eigenvalue weighted by Crippen LogP contribution is 2.19. The van der Waals surface area contributed by atoms with Crippen molar-refractivity contribution in [2.75, 3.05) is 50.1 Å². The molecule has 1 saturated heterocycles. The fourth-order valence-electron chi connectivity index (χ4n) is 2.73. The molecule has 0 amide bonds. The van der Waals surface area contributed by atoms with Gasteiger partial charge in [0.15, 0.2) is 0 Å². The van der Waals surface area contributed by atoms with E-state index in [-0.39, 0.29) is 0 Å². The highest BCUT2D eigenvalue weighted by Gasteiger charge is 2.15. The average Bonchev–Trinajstić information content (AvgIpc) is 2.61. The maximum Gasteiger partial charge on any atom is 0.0542 e. The second kappa shape index (κ2) is 7.58. The highest BCUT2D eigenvalue weighted by molar-refractivity contribution is 6.30. The van der Waals surface area contributed by atoms with E-state index in [9.17, 15) is 0 Å². The summed E-state index contributed by atoms with van der Waals surface area (Å²) in [4.78, 5) is 4.46. The monoisotopic (exact) mass is 342 g/mol. The summed E-state index contributed by atoms with van der Waals surface area (Å²) in [6.45, 7) is 3.79. The first-order valence-corrected chi connectivity index (χ1v) is 8.56. The van der Waals surface area contributed by atoms with Crippen LogP contribution in [0.3, 0.4) is 0 Å². The van der Waals surface area contributed by atoms with Crippen LogP contribution in [0, 0.1) is 0 Å². The zero-order valence-corrected chi connectivity index (χ0v) is 14.9. The lowest BCUT2D eigenvalue weighted by molar-refractivity contribution is 0.272. The molecule has 1 aliphatic rings. The van der Waals surface area contributed by atoms with Gasteiger partial charge in [0, 0.05) is 43.6 Å². The lowest BCUT2D eigenvalue weighted by Crippen LogP contribution is -2.44. The zero-order chi connectivity index (χ0) is 16.9. The van der Waals surface area contributed by atoms with E-state index in [2.05, 4.69) is 56.3 Å². The molecule has 0 saturated carbocycles. The largest absolute Gasteiger partial charge is 0.378 e. The first-order valence-electron chi connectivity index (χ1n) is 8.19. The Morgan fingerprint density at radius 2 is 1.54 bits per heavy atom. The third-order valence-corrected chi connectivity index (χ3v) is 4.48. The van der Waals surface area contributed by atoms with Gasteiger partial charge in [0.05, 0.1) is 19.3 Å². The number of rotatable bonds is 4. The maximum absolute atomic E-state index is 5.95. The van der Waals surface area contributed by atoms with Gasteiger partial charge in [-0.25, -0.2) is 0 Å². The molecule has 2 aromatic carbocycles. The fraction of sp³-hybridized carbons (Fsp3) is 0.316. The molecule has 0 spiro atoms. The van der Waals surface area contributed by atoms with Gasteiger partial charge in [0.25, 0.3) is 0 Å². The molecule has 126 valence electrons. The summed E-state index contributed by atoms with van der Waals surface area (Å²) in [6, 6.07) is 16.5. The molecule has 0 atom stereocenters. The van der Waals surface area contributed by atoms with Crippen LogP contribution in [0.5, 0.6) is 0 Å². The number of halogens is 1. The van der Waals surface area contributed by atoms with Gasteiger partial charge in [-0.15, -0.1) is 0 Å². The number of piperazine rings is 1. The summed E-state index contributed by atoms with van der Waals surface area (Å²) < 4.78 is 0. The van der Waals surface area contributed by atoms with Gasteiger partial charge >= 0.3 is 0 Å². The Bertz CT molecular complexity index is 672. The van der Waals surface area contributed by atoms with Crippen LogP contribution in [0.15, 0.2) is 53.6 Å². The van der Waals surface area contributed by atoms with Crippen LogP contribution >= 0.6 is 11.6 Å². The molecule has 0 aromatic heterocycles. The SMILES string of the molecule is CN(C)c1ccc(C=NN2CCN(c3ccc(Cl)cc3)CC2)cc1. The number of nitrogens with zero attached hydrogens (tertiary/aromatic N) is 4. The summed E-state index contributed by atoms with van der Waals surface area (Å²) in [5.74, 6) is 0. The first-order chi connectivity index (χ1) is 11.6. The van der Waals surface area contributed by atoms with Gasteiger partial charge in [-0.3, -0.25) is 5.01 Å². The van der Waals surface area contributed by atoms with Crippen molar-refractivity contribution >= 4 is 29.2 Å². The predicted octanol–water partition coefficient (Wildman–Crippen LogP) is 3.56. The van der Waals surface area contributed by atoms with E-state index in [0.29, 0.717) is 0 Å². The first kappa shape index (κ1) is 16.7. The molecule has 0 bridgehead atoms. The van der Waals surface area contributed by atoms with E-state index in [1.54, 1.807) is 0 Å². The van der Waals surface area contributed by atoms with Gasteiger partial charge in [-0.05, 0) is 42.0 Å². The predicted molar refractivity (Wildman–Crippen MR) is 104 cm³/mol. The molecule has 24 heavy (non-hydrogen) atoms. The van der Waals surface area contributed by atoms with Gasteiger partial charge in [0.2, 0.25) is 0 Å². The summed E-state index contributed by atoms with van der Waals surface area (Å²) in [7, 11) is 4.09. The third-order valence-electron chi connectivity index (χ3n) is 4.23. The molecule has 0 unspecified atom stereocenters. The third kappa shape index (κ3) is 4.20. The number of hydrogen-bond donors (Lipinski definition) is 0. The lowest BCUT2D eigenvalue weighted by Gasteiger charge is -2.34. The second-order valence-corrected chi connectivity index (χ2v) is 6.58. The lowest BCUT2D eigenvalue weighted by atomic mass is 10.2. The molecule has 0 radical (unpaired) electrons. The van der Waals surface area contributed by atoms with Crippen LogP contribution in [-0.4, -0.2) is 51.5 Å². The van der Waals surface area contributed by atoms with Gasteiger partial charge in [-0.1, -0.05) is 23.7 Å². The van der Waals surface area contributed by atoms with Crippen LogP contribution in [0.2, 0.25) is 5.02 Å². The van der Waals surface area contributed by atoms with Gasteiger partial charge < -0.3 is 9.80 Å². The molecular weight excluding hydrogens is 320 g/mol. The second-order valence-electron chi connectivity index (χ2n) is 6.15. The van der Waals surface area contributed by atoms with E-state index in [4.69, 9.17) is 11.6 Å². The van der Waals surface area contributed by atoms with Crippen molar-refractivity contribution in [2.24, 2.45) is 5.10 Å². The summed E-state index contributed by atoms with van der Waals surface area (Å²) in [6.07, 6.45) is 1.94. The van der Waals surface area contributed by atoms with Crippen molar-refractivity contribution in [3.63, 3.8) is 0 Å². The van der Waals surface area contributed by atoms with E-state index < -0.39 is 0 Å². The van der Waals surface area contributed by atoms with Gasteiger partial charge in [0.1, 0.15) is 0 Å². The normalized spacial score (nSPS) is 15.1. The Hall–Kier alpha value is -2.20. The van der Waals surface area contributed by atoms with Crippen molar-refractivity contribution in [3.8, 4) is 0 Å². The molecular formula is C19H23ClN4. The minimum Gasteiger partial charge on any atom is -0.378 e. The zero-order valence-electron chi connectivity index (χ0n) is 14.2. The average molecular weight is 343 g/mol. The molecule has 1 aliphatic heterocycles. The summed E-state index contributed by atoms with van der Waals surface area (Å²) >= 11 is 5.95. The number of hydrogen-bond acceptors (Lipinski definition) is 4. The topological polar surface area (TPSA) is 22.1 Å². The molecule has 3 rings (SSSR count). The van der Waals surface area contributed by atoms with Crippen molar-refractivity contribution in [1.29, 1.82) is 0 Å². The Balaban J connectivity index is 1.54. The number of anilines is 2. The van der Waals surface area contributed by atoms with Crippen molar-refractivity contribution in [2.45, 2.75) is 0 Å². The maximum atomic E-state index is 5.95. The van der Waals surface area contributed by atoms with Crippen LogP contribution in [0.1, 0.15) is 5.56 Å². The minimum atomic E-state index is 0.780. The van der Waals surface area contributed by atoms with Crippen molar-refractivity contribution < 1.29 is 0 Å². The standard InChI is InChI=1S/C19H23ClN4/c1-22(2)18-7-3-16(4-8-18)15-21-24-13-11-23(12-14-24)19-9-5-17(20)6-10-19/h3-10,15H,11-14H2,1-2H3. The smallest absolute Gasteiger partial charge is 0.0542 e. The Morgan fingerprint density at radius 3 is 2.12 bits per heavy atom. The van der Waals surface area contributed by atoms with Crippen LogP contribution < -0.4 is 9.80 Å². The van der Waals surface area contributed by atoms with Crippen LogP contribution in [0.4, 0.5) is 11.4 Å². The quantitative estimate of drug-likeness (QED) is 0.793. The Labute approximate surface area is 148 Å². The van der Waals surface area contributed by atoms with E-state index in [1.165, 1.54) is 11.4 Å². The van der Waals surface area contributed by atoms with Crippen LogP contribution in [0.25, 0.3) is 0 Å². The molecule has 1 fully saturated rings. The highest BCUT2D eigenvalue weighted by atomic mass is 35.5. The van der Waals surface area contributed by atoms with Gasteiger partial charge in [-0.2, -0.15) is 5.10 Å². The van der Waals surface area contributed by atoms with E-state index in [0.717, 1.165) is 36.8 Å². The Kier molecular flexibility index (Phi) is 5.26.